The molecule has 3 unspecified atom stereocenters. The van der Waals surface area contributed by atoms with Crippen LogP contribution in [0, 0.1) is 18.8 Å². The van der Waals surface area contributed by atoms with Gasteiger partial charge in [-0.15, -0.1) is 24.9 Å². The topological polar surface area (TPSA) is 87.1 Å². The van der Waals surface area contributed by atoms with Crippen molar-refractivity contribution < 1.29 is 24.2 Å². The van der Waals surface area contributed by atoms with E-state index in [4.69, 9.17) is 16.3 Å². The van der Waals surface area contributed by atoms with Crippen molar-refractivity contribution in [1.82, 2.24) is 4.90 Å². The molecule has 7 nitrogen and oxygen atoms in total. The summed E-state index contributed by atoms with van der Waals surface area (Å²) in [5.41, 5.74) is 1.45. The molecule has 0 aliphatic carbocycles. The number of amides is 2. The molecule has 3 aliphatic heterocycles. The number of thioether (sulfide) groups is 1. The maximum Gasteiger partial charge on any atom is 0.310 e. The monoisotopic (exact) mass is 638 g/mol. The van der Waals surface area contributed by atoms with Crippen molar-refractivity contribution in [2.75, 3.05) is 31.2 Å². The molecule has 3 fully saturated rings. The summed E-state index contributed by atoms with van der Waals surface area (Å²) in [5, 5.41) is 9.54. The van der Waals surface area contributed by atoms with Gasteiger partial charge in [-0.25, -0.2) is 0 Å². The van der Waals surface area contributed by atoms with Gasteiger partial charge in [0.2, 0.25) is 5.91 Å². The first-order valence-corrected chi connectivity index (χ1v) is 15.6. The zero-order valence-electron chi connectivity index (χ0n) is 22.2. The molecule has 1 aromatic carbocycles. The molecule has 3 aliphatic rings. The molecule has 1 N–H and O–H groups in total. The van der Waals surface area contributed by atoms with E-state index in [-0.39, 0.29) is 41.6 Å². The molecule has 1 spiro atoms. The van der Waals surface area contributed by atoms with Crippen LogP contribution in [0.2, 0.25) is 5.02 Å². The Hall–Kier alpha value is -1.81. The van der Waals surface area contributed by atoms with Crippen LogP contribution >= 0.6 is 39.3 Å². The Balaban J connectivity index is 1.76. The van der Waals surface area contributed by atoms with E-state index >= 15 is 0 Å². The summed E-state index contributed by atoms with van der Waals surface area (Å²) in [6.07, 6.45) is 6.45. The molecule has 0 radical (unpaired) electrons. The number of likely N-dealkylation sites (tertiary alicyclic amines) is 1. The number of esters is 1. The van der Waals surface area contributed by atoms with Crippen molar-refractivity contribution in [2.24, 2.45) is 11.8 Å². The second-order valence-corrected chi connectivity index (χ2v) is 13.5. The van der Waals surface area contributed by atoms with E-state index in [1.807, 2.05) is 19.1 Å². The average molecular weight is 640 g/mol. The fourth-order valence-electron chi connectivity index (χ4n) is 6.36. The standard InChI is InChI=1S/C29H36BrClN2O5S/c1-4-6-16-38-28(37)21-22-26(35)33(14-8-7-9-15-34)25(29(22)17-19(30)24(21)39-29)27(36)32(13-5-2)23-18(3)11-10-12-20(23)31/h4-5,10-12,19,21-22,24-25,34H,1-2,6-9,13-17H2,3H3/t19?,21-,22-,24-,25?,29?/m0/s1. The third-order valence-electron chi connectivity index (χ3n) is 7.95. The van der Waals surface area contributed by atoms with E-state index in [0.717, 1.165) is 12.0 Å². The minimum Gasteiger partial charge on any atom is -0.465 e. The third-order valence-corrected chi connectivity index (χ3v) is 11.5. The van der Waals surface area contributed by atoms with Gasteiger partial charge in [-0.1, -0.05) is 51.8 Å². The van der Waals surface area contributed by atoms with Crippen LogP contribution in [0.1, 0.15) is 37.7 Å². The number of benzene rings is 1. The van der Waals surface area contributed by atoms with Crippen LogP contribution in [0.15, 0.2) is 43.5 Å². The highest BCUT2D eigenvalue weighted by Gasteiger charge is 2.76. The molecule has 1 aromatic rings. The first kappa shape index (κ1) is 30.2. The number of carbonyl (C=O) groups is 3. The Morgan fingerprint density at radius 1 is 1.31 bits per heavy atom. The molecule has 2 bridgehead atoms. The van der Waals surface area contributed by atoms with Crippen LogP contribution in [0.25, 0.3) is 0 Å². The van der Waals surface area contributed by atoms with Gasteiger partial charge in [-0.05, 0) is 50.7 Å². The largest absolute Gasteiger partial charge is 0.465 e. The number of nitrogens with zero attached hydrogens (tertiary/aromatic N) is 2. The number of aryl methyl sites for hydroxylation is 1. The summed E-state index contributed by atoms with van der Waals surface area (Å²) in [6.45, 7) is 10.3. The van der Waals surface area contributed by atoms with Crippen LogP contribution in [-0.2, 0) is 19.1 Å². The summed E-state index contributed by atoms with van der Waals surface area (Å²) in [6, 6.07) is 4.71. The molecular formula is C29H36BrClN2O5S. The summed E-state index contributed by atoms with van der Waals surface area (Å²) in [5.74, 6) is -2.08. The van der Waals surface area contributed by atoms with Gasteiger partial charge in [0.15, 0.2) is 0 Å². The minimum absolute atomic E-state index is 0.0388. The zero-order chi connectivity index (χ0) is 28.3. The van der Waals surface area contributed by atoms with Crippen LogP contribution in [-0.4, -0.2) is 75.0 Å². The second-order valence-electron chi connectivity index (χ2n) is 10.4. The number of unbranched alkanes of at least 4 members (excludes halogenated alkanes) is 2. The molecule has 3 saturated heterocycles. The number of ether oxygens (including phenoxy) is 1. The molecule has 3 heterocycles. The highest BCUT2D eigenvalue weighted by Crippen LogP contribution is 2.68. The van der Waals surface area contributed by atoms with Gasteiger partial charge in [0.05, 0.1) is 33.9 Å². The maximum atomic E-state index is 14.6. The number of alkyl halides is 1. The number of rotatable bonds is 13. The Kier molecular flexibility index (Phi) is 9.89. The van der Waals surface area contributed by atoms with Crippen molar-refractivity contribution in [2.45, 2.75) is 59.9 Å². The molecule has 6 atom stereocenters. The van der Waals surface area contributed by atoms with Crippen molar-refractivity contribution in [3.05, 3.63) is 54.1 Å². The van der Waals surface area contributed by atoms with Gasteiger partial charge in [-0.3, -0.25) is 14.4 Å². The van der Waals surface area contributed by atoms with Crippen molar-refractivity contribution in [3.8, 4) is 0 Å². The fourth-order valence-corrected chi connectivity index (χ4v) is 10.3. The Bertz CT molecular complexity index is 1110. The molecule has 212 valence electrons. The lowest BCUT2D eigenvalue weighted by Crippen LogP contribution is -2.55. The van der Waals surface area contributed by atoms with Gasteiger partial charge >= 0.3 is 5.97 Å². The molecule has 0 aromatic heterocycles. The van der Waals surface area contributed by atoms with E-state index in [9.17, 15) is 19.5 Å². The summed E-state index contributed by atoms with van der Waals surface area (Å²) in [7, 11) is 0. The van der Waals surface area contributed by atoms with Crippen LogP contribution in [0.4, 0.5) is 5.69 Å². The number of aliphatic hydroxyl groups excluding tert-OH is 1. The molecule has 2 amide bonds. The van der Waals surface area contributed by atoms with Gasteiger partial charge in [0.1, 0.15) is 6.04 Å². The lowest BCUT2D eigenvalue weighted by Gasteiger charge is -2.38. The van der Waals surface area contributed by atoms with E-state index in [0.29, 0.717) is 42.9 Å². The first-order chi connectivity index (χ1) is 18.7. The lowest BCUT2D eigenvalue weighted by atomic mass is 9.71. The van der Waals surface area contributed by atoms with Gasteiger partial charge in [-0.2, -0.15) is 0 Å². The molecular weight excluding hydrogens is 604 g/mol. The fraction of sp³-hybridized carbons (Fsp3) is 0.552. The highest BCUT2D eigenvalue weighted by atomic mass is 79.9. The van der Waals surface area contributed by atoms with E-state index in [1.54, 1.807) is 39.8 Å². The summed E-state index contributed by atoms with van der Waals surface area (Å²) >= 11 is 12.0. The maximum absolute atomic E-state index is 14.6. The lowest BCUT2D eigenvalue weighted by molar-refractivity contribution is -0.154. The SMILES string of the molecule is C=CCCOC(=O)[C@H]1[C@H]2C(=O)N(CCCCCO)C(C(=O)N(CC=C)c3c(C)cccc3Cl)C23CC(Br)[C@@H]1S3. The molecule has 10 heteroatoms. The van der Waals surface area contributed by atoms with Gasteiger partial charge < -0.3 is 19.6 Å². The predicted octanol–water partition coefficient (Wildman–Crippen LogP) is 4.91. The smallest absolute Gasteiger partial charge is 0.310 e. The number of hydrogen-bond donors (Lipinski definition) is 1. The van der Waals surface area contributed by atoms with Crippen molar-refractivity contribution in [3.63, 3.8) is 0 Å². The summed E-state index contributed by atoms with van der Waals surface area (Å²) < 4.78 is 4.81. The highest BCUT2D eigenvalue weighted by molar-refractivity contribution is 9.09. The minimum atomic E-state index is -0.777. The van der Waals surface area contributed by atoms with Crippen molar-refractivity contribution in [1.29, 1.82) is 0 Å². The predicted molar refractivity (Wildman–Crippen MR) is 159 cm³/mol. The second kappa shape index (κ2) is 12.8. The number of halogens is 2. The number of aliphatic hydroxyl groups is 1. The van der Waals surface area contributed by atoms with E-state index in [1.165, 1.54) is 0 Å². The van der Waals surface area contributed by atoms with E-state index < -0.39 is 28.6 Å². The Labute approximate surface area is 248 Å². The first-order valence-electron chi connectivity index (χ1n) is 13.4. The molecule has 39 heavy (non-hydrogen) atoms. The zero-order valence-corrected chi connectivity index (χ0v) is 25.3. The van der Waals surface area contributed by atoms with Gasteiger partial charge in [0, 0.05) is 29.8 Å². The normalized spacial score (nSPS) is 28.9. The number of hydrogen-bond acceptors (Lipinski definition) is 6. The average Bonchev–Trinajstić information content (AvgIpc) is 3.49. The van der Waals surface area contributed by atoms with Crippen LogP contribution in [0.3, 0.4) is 0 Å². The third kappa shape index (κ3) is 5.44. The van der Waals surface area contributed by atoms with Crippen molar-refractivity contribution >= 4 is 62.8 Å². The van der Waals surface area contributed by atoms with Crippen LogP contribution < -0.4 is 4.90 Å². The number of para-hydroxylation sites is 1. The summed E-state index contributed by atoms with van der Waals surface area (Å²) in [4.78, 5) is 45.4. The number of carbonyl (C=O) groups excluding carboxylic acids is 3. The Morgan fingerprint density at radius 2 is 2.08 bits per heavy atom. The van der Waals surface area contributed by atoms with Gasteiger partial charge in [0.25, 0.3) is 5.91 Å². The van der Waals surface area contributed by atoms with Crippen LogP contribution in [0.5, 0.6) is 0 Å². The molecule has 4 rings (SSSR count). The van der Waals surface area contributed by atoms with E-state index in [2.05, 4.69) is 29.1 Å². The molecule has 0 saturated carbocycles. The quantitative estimate of drug-likeness (QED) is 0.143. The Morgan fingerprint density at radius 3 is 2.74 bits per heavy atom. The number of anilines is 1. The number of fused-ring (bicyclic) bond motifs is 1.